The molecule has 0 aliphatic heterocycles. The molecule has 31 heavy (non-hydrogen) atoms. The molecule has 0 aliphatic carbocycles. The average Bonchev–Trinajstić information content (AvgIpc) is 3.17. The molecule has 158 valence electrons. The zero-order chi connectivity index (χ0) is 22.1. The summed E-state index contributed by atoms with van der Waals surface area (Å²) >= 11 is 0. The minimum absolute atomic E-state index is 0.122. The number of aryl methyl sites for hydroxylation is 3. The number of carbonyl (C=O) groups excluding carboxylic acids is 1. The molecule has 4 nitrogen and oxygen atoms in total. The minimum Gasteiger partial charge on any atom is -0.436 e. The molecule has 4 rings (SSSR count). The lowest BCUT2D eigenvalue weighted by atomic mass is 9.98. The number of benzene rings is 3. The topological polar surface area (TPSA) is 55.1 Å². The maximum absolute atomic E-state index is 12.8. The highest BCUT2D eigenvalue weighted by Crippen LogP contribution is 2.30. The van der Waals surface area contributed by atoms with E-state index < -0.39 is 0 Å². The van der Waals surface area contributed by atoms with Crippen LogP contribution in [0.5, 0.6) is 0 Å². The number of fused-ring (bicyclic) bond motifs is 1. The van der Waals surface area contributed by atoms with Gasteiger partial charge in [-0.1, -0.05) is 43.2 Å². The van der Waals surface area contributed by atoms with Crippen molar-refractivity contribution in [3.8, 4) is 11.5 Å². The van der Waals surface area contributed by atoms with Crippen molar-refractivity contribution in [1.29, 1.82) is 0 Å². The van der Waals surface area contributed by atoms with Crippen LogP contribution in [0, 0.1) is 20.8 Å². The Morgan fingerprint density at radius 3 is 2.45 bits per heavy atom. The SMILES string of the molecule is CC[C@@H](C)c1ccc2oc(-c3ccc(C)c(NC(=O)c4cc(C)cc(C)c4)c3)nc2c1. The molecular weight excluding hydrogens is 384 g/mol. The maximum atomic E-state index is 12.8. The first-order valence-corrected chi connectivity index (χ1v) is 10.7. The second kappa shape index (κ2) is 8.38. The van der Waals surface area contributed by atoms with E-state index in [-0.39, 0.29) is 5.91 Å². The Bertz CT molecular complexity index is 1250. The van der Waals surface area contributed by atoms with Gasteiger partial charge in [0.25, 0.3) is 5.91 Å². The molecule has 1 atom stereocenters. The zero-order valence-corrected chi connectivity index (χ0v) is 18.7. The smallest absolute Gasteiger partial charge is 0.255 e. The summed E-state index contributed by atoms with van der Waals surface area (Å²) in [6.45, 7) is 10.4. The van der Waals surface area contributed by atoms with Crippen LogP contribution in [0.15, 0.2) is 59.0 Å². The third-order valence-electron chi connectivity index (χ3n) is 5.81. The molecule has 0 saturated heterocycles. The number of nitrogens with zero attached hydrogens (tertiary/aromatic N) is 1. The predicted octanol–water partition coefficient (Wildman–Crippen LogP) is 7.19. The molecule has 1 N–H and O–H groups in total. The first-order valence-electron chi connectivity index (χ1n) is 10.7. The van der Waals surface area contributed by atoms with Gasteiger partial charge in [0.05, 0.1) is 0 Å². The van der Waals surface area contributed by atoms with Crippen molar-refractivity contribution in [2.24, 2.45) is 0 Å². The van der Waals surface area contributed by atoms with Gasteiger partial charge in [-0.05, 0) is 80.6 Å². The predicted molar refractivity (Wildman–Crippen MR) is 127 cm³/mol. The van der Waals surface area contributed by atoms with Crippen LogP contribution in [0.3, 0.4) is 0 Å². The summed E-state index contributed by atoms with van der Waals surface area (Å²) in [5, 5.41) is 3.05. The Balaban J connectivity index is 1.65. The van der Waals surface area contributed by atoms with Gasteiger partial charge in [0.1, 0.15) is 5.52 Å². The number of nitrogens with one attached hydrogen (secondary N) is 1. The fraction of sp³-hybridized carbons (Fsp3) is 0.259. The zero-order valence-electron chi connectivity index (χ0n) is 18.7. The Morgan fingerprint density at radius 2 is 1.74 bits per heavy atom. The Hall–Kier alpha value is -3.40. The highest BCUT2D eigenvalue weighted by Gasteiger charge is 2.14. The summed E-state index contributed by atoms with van der Waals surface area (Å²) in [5.74, 6) is 0.914. The van der Waals surface area contributed by atoms with E-state index >= 15 is 0 Å². The number of hydrogen-bond acceptors (Lipinski definition) is 3. The lowest BCUT2D eigenvalue weighted by Crippen LogP contribution is -2.13. The Labute approximate surface area is 183 Å². The second-order valence-corrected chi connectivity index (χ2v) is 8.42. The standard InChI is InChI=1S/C27H28N2O2/c1-6-18(4)20-9-10-25-24(14-20)29-27(31-25)21-8-7-19(5)23(15-21)28-26(30)22-12-16(2)11-17(3)13-22/h7-15,18H,6H2,1-5H3,(H,28,30)/t18-/m1/s1. The Morgan fingerprint density at radius 1 is 1.00 bits per heavy atom. The van der Waals surface area contributed by atoms with E-state index in [1.807, 2.05) is 57.2 Å². The summed E-state index contributed by atoms with van der Waals surface area (Å²) < 4.78 is 6.01. The summed E-state index contributed by atoms with van der Waals surface area (Å²) in [4.78, 5) is 17.6. The quantitative estimate of drug-likeness (QED) is 0.377. The van der Waals surface area contributed by atoms with Crippen molar-refractivity contribution < 1.29 is 9.21 Å². The summed E-state index contributed by atoms with van der Waals surface area (Å²) in [5.41, 5.74) is 8.25. The molecule has 4 aromatic rings. The first kappa shape index (κ1) is 20.9. The second-order valence-electron chi connectivity index (χ2n) is 8.42. The highest BCUT2D eigenvalue weighted by atomic mass is 16.3. The number of anilines is 1. The van der Waals surface area contributed by atoms with Gasteiger partial charge in [-0.25, -0.2) is 4.98 Å². The van der Waals surface area contributed by atoms with E-state index in [1.165, 1.54) is 5.56 Å². The van der Waals surface area contributed by atoms with Crippen molar-refractivity contribution in [2.75, 3.05) is 5.32 Å². The minimum atomic E-state index is -0.122. The molecule has 0 saturated carbocycles. The van der Waals surface area contributed by atoms with Gasteiger partial charge in [0.2, 0.25) is 5.89 Å². The molecule has 0 bridgehead atoms. The monoisotopic (exact) mass is 412 g/mol. The molecule has 0 fully saturated rings. The maximum Gasteiger partial charge on any atom is 0.255 e. The molecule has 1 amide bonds. The van der Waals surface area contributed by atoms with E-state index in [0.717, 1.165) is 45.5 Å². The summed E-state index contributed by atoms with van der Waals surface area (Å²) in [6.07, 6.45) is 1.08. The van der Waals surface area contributed by atoms with Gasteiger partial charge in [0, 0.05) is 16.8 Å². The first-order chi connectivity index (χ1) is 14.8. The van der Waals surface area contributed by atoms with Crippen LogP contribution in [0.4, 0.5) is 5.69 Å². The van der Waals surface area contributed by atoms with Crippen LogP contribution >= 0.6 is 0 Å². The lowest BCUT2D eigenvalue weighted by Gasteiger charge is -2.11. The van der Waals surface area contributed by atoms with Gasteiger partial charge in [-0.15, -0.1) is 0 Å². The van der Waals surface area contributed by atoms with E-state index in [0.29, 0.717) is 17.4 Å². The Kier molecular flexibility index (Phi) is 5.64. The van der Waals surface area contributed by atoms with Crippen LogP contribution in [0.1, 0.15) is 58.8 Å². The summed E-state index contributed by atoms with van der Waals surface area (Å²) in [7, 11) is 0. The number of hydrogen-bond donors (Lipinski definition) is 1. The van der Waals surface area contributed by atoms with Crippen molar-refractivity contribution in [3.63, 3.8) is 0 Å². The molecular formula is C27H28N2O2. The molecule has 3 aromatic carbocycles. The average molecular weight is 413 g/mol. The number of amides is 1. The van der Waals surface area contributed by atoms with Crippen molar-refractivity contribution in [2.45, 2.75) is 47.0 Å². The van der Waals surface area contributed by atoms with E-state index in [4.69, 9.17) is 9.40 Å². The summed E-state index contributed by atoms with van der Waals surface area (Å²) in [6, 6.07) is 17.9. The third-order valence-corrected chi connectivity index (χ3v) is 5.81. The molecule has 1 heterocycles. The van der Waals surface area contributed by atoms with Gasteiger partial charge >= 0.3 is 0 Å². The third kappa shape index (κ3) is 4.38. The fourth-order valence-electron chi connectivity index (χ4n) is 3.80. The van der Waals surface area contributed by atoms with E-state index in [9.17, 15) is 4.79 Å². The fourth-order valence-corrected chi connectivity index (χ4v) is 3.80. The van der Waals surface area contributed by atoms with Crippen LogP contribution in [-0.4, -0.2) is 10.9 Å². The van der Waals surface area contributed by atoms with Crippen LogP contribution in [0.2, 0.25) is 0 Å². The number of aromatic nitrogens is 1. The van der Waals surface area contributed by atoms with Gasteiger partial charge < -0.3 is 9.73 Å². The lowest BCUT2D eigenvalue weighted by molar-refractivity contribution is 0.102. The van der Waals surface area contributed by atoms with Crippen molar-refractivity contribution in [3.05, 3.63) is 82.4 Å². The molecule has 0 radical (unpaired) electrons. The number of carbonyl (C=O) groups is 1. The number of oxazole rings is 1. The van der Waals surface area contributed by atoms with Crippen molar-refractivity contribution in [1.82, 2.24) is 4.98 Å². The highest BCUT2D eigenvalue weighted by molar-refractivity contribution is 6.05. The van der Waals surface area contributed by atoms with Crippen LogP contribution < -0.4 is 5.32 Å². The molecule has 0 aliphatic rings. The van der Waals surface area contributed by atoms with Gasteiger partial charge in [-0.2, -0.15) is 0 Å². The number of rotatable bonds is 5. The van der Waals surface area contributed by atoms with E-state index in [1.54, 1.807) is 0 Å². The molecule has 0 unspecified atom stereocenters. The van der Waals surface area contributed by atoms with Crippen LogP contribution in [-0.2, 0) is 0 Å². The largest absolute Gasteiger partial charge is 0.436 e. The molecule has 4 heteroatoms. The molecule has 0 spiro atoms. The normalized spacial score (nSPS) is 12.2. The van der Waals surface area contributed by atoms with Crippen molar-refractivity contribution >= 4 is 22.7 Å². The molecule has 1 aromatic heterocycles. The van der Waals surface area contributed by atoms with Gasteiger partial charge in [0.15, 0.2) is 5.58 Å². The van der Waals surface area contributed by atoms with E-state index in [2.05, 4.69) is 37.4 Å². The van der Waals surface area contributed by atoms with Crippen LogP contribution in [0.25, 0.3) is 22.6 Å². The van der Waals surface area contributed by atoms with Gasteiger partial charge in [-0.3, -0.25) is 4.79 Å².